The summed E-state index contributed by atoms with van der Waals surface area (Å²) in [5.74, 6) is -0.895. The van der Waals surface area contributed by atoms with Gasteiger partial charge in [0.05, 0.1) is 0 Å². The molecular formula is C72H122O6. The summed E-state index contributed by atoms with van der Waals surface area (Å²) >= 11 is 0. The number of allylic oxidation sites excluding steroid dienone is 18. The van der Waals surface area contributed by atoms with E-state index < -0.39 is 6.10 Å². The van der Waals surface area contributed by atoms with Crippen molar-refractivity contribution in [1.29, 1.82) is 0 Å². The summed E-state index contributed by atoms with van der Waals surface area (Å²) in [4.78, 5) is 38.0. The number of carbonyl (C=O) groups is 3. The van der Waals surface area contributed by atoms with E-state index in [1.54, 1.807) is 0 Å². The maximum atomic E-state index is 12.8. The molecule has 0 aromatic carbocycles. The van der Waals surface area contributed by atoms with Gasteiger partial charge >= 0.3 is 17.9 Å². The van der Waals surface area contributed by atoms with E-state index in [0.29, 0.717) is 19.3 Å². The lowest BCUT2D eigenvalue weighted by atomic mass is 10.0. The quantitative estimate of drug-likeness (QED) is 0.0261. The maximum Gasteiger partial charge on any atom is 0.306 e. The van der Waals surface area contributed by atoms with Gasteiger partial charge in [0.15, 0.2) is 6.10 Å². The van der Waals surface area contributed by atoms with E-state index in [1.165, 1.54) is 148 Å². The molecule has 0 radical (unpaired) electrons. The number of carbonyl (C=O) groups excluding carboxylic acids is 3. The van der Waals surface area contributed by atoms with Gasteiger partial charge < -0.3 is 14.2 Å². The van der Waals surface area contributed by atoms with Crippen molar-refractivity contribution in [2.45, 2.75) is 316 Å². The fourth-order valence-electron chi connectivity index (χ4n) is 9.10. The number of hydrogen-bond donors (Lipinski definition) is 0. The van der Waals surface area contributed by atoms with Gasteiger partial charge in [0, 0.05) is 19.3 Å². The minimum atomic E-state index is -0.781. The van der Waals surface area contributed by atoms with E-state index in [2.05, 4.69) is 130 Å². The number of rotatable bonds is 59. The van der Waals surface area contributed by atoms with Gasteiger partial charge in [-0.15, -0.1) is 0 Å². The smallest absolute Gasteiger partial charge is 0.306 e. The van der Waals surface area contributed by atoms with E-state index in [9.17, 15) is 14.4 Å². The normalized spacial score (nSPS) is 12.8. The van der Waals surface area contributed by atoms with Crippen molar-refractivity contribution in [3.8, 4) is 0 Å². The first-order chi connectivity index (χ1) is 38.5. The van der Waals surface area contributed by atoms with Crippen LogP contribution in [0.3, 0.4) is 0 Å². The molecule has 0 aromatic heterocycles. The van der Waals surface area contributed by atoms with Crippen LogP contribution in [0.2, 0.25) is 0 Å². The molecule has 6 nitrogen and oxygen atoms in total. The molecule has 0 heterocycles. The van der Waals surface area contributed by atoms with E-state index in [1.807, 2.05) is 0 Å². The lowest BCUT2D eigenvalue weighted by molar-refractivity contribution is -0.167. The van der Waals surface area contributed by atoms with Crippen molar-refractivity contribution in [3.05, 3.63) is 109 Å². The monoisotopic (exact) mass is 1080 g/mol. The van der Waals surface area contributed by atoms with Crippen LogP contribution in [0.15, 0.2) is 109 Å². The molecule has 0 saturated heterocycles. The Morgan fingerprint density at radius 1 is 0.269 bits per heavy atom. The SMILES string of the molecule is CC/C=C\C/C=C\C/C=C\C/C=C\C/C=C\C/C=C\CCCCCCCCCCCCCCCCCCC(=O)OCC(COC(=O)CCCCCCCC)OC(=O)CCCCCCCC/C=C\C/C=C\C/C=C\CCCCC. The van der Waals surface area contributed by atoms with Crippen LogP contribution < -0.4 is 0 Å². The minimum absolute atomic E-state index is 0.0809. The third kappa shape index (κ3) is 62.9. The third-order valence-electron chi connectivity index (χ3n) is 14.0. The molecule has 0 spiro atoms. The molecule has 0 aliphatic rings. The topological polar surface area (TPSA) is 78.9 Å². The van der Waals surface area contributed by atoms with Crippen molar-refractivity contribution < 1.29 is 28.6 Å². The van der Waals surface area contributed by atoms with Crippen molar-refractivity contribution in [3.63, 3.8) is 0 Å². The van der Waals surface area contributed by atoms with Crippen molar-refractivity contribution in [2.75, 3.05) is 13.2 Å². The molecule has 0 bridgehead atoms. The molecule has 0 aliphatic carbocycles. The zero-order chi connectivity index (χ0) is 56.4. The van der Waals surface area contributed by atoms with Gasteiger partial charge in [-0.1, -0.05) is 291 Å². The Balaban J connectivity index is 4.02. The molecule has 0 rings (SSSR count). The molecule has 446 valence electrons. The second-order valence-electron chi connectivity index (χ2n) is 21.6. The van der Waals surface area contributed by atoms with E-state index in [-0.39, 0.29) is 31.1 Å². The fourth-order valence-corrected chi connectivity index (χ4v) is 9.10. The van der Waals surface area contributed by atoms with Crippen LogP contribution >= 0.6 is 0 Å². The third-order valence-corrected chi connectivity index (χ3v) is 14.0. The van der Waals surface area contributed by atoms with Crippen LogP contribution in [0.5, 0.6) is 0 Å². The summed E-state index contributed by atoms with van der Waals surface area (Å²) in [6.45, 7) is 6.44. The highest BCUT2D eigenvalue weighted by atomic mass is 16.6. The second-order valence-corrected chi connectivity index (χ2v) is 21.6. The summed E-state index contributed by atoms with van der Waals surface area (Å²) in [6.07, 6.45) is 90.0. The lowest BCUT2D eigenvalue weighted by Gasteiger charge is -2.18. The van der Waals surface area contributed by atoms with Crippen LogP contribution in [0.25, 0.3) is 0 Å². The van der Waals surface area contributed by atoms with Gasteiger partial charge in [0.2, 0.25) is 0 Å². The van der Waals surface area contributed by atoms with Crippen LogP contribution in [0.1, 0.15) is 310 Å². The molecule has 6 heteroatoms. The average Bonchev–Trinajstić information content (AvgIpc) is 3.44. The van der Waals surface area contributed by atoms with Gasteiger partial charge in [-0.3, -0.25) is 14.4 Å². The summed E-state index contributed by atoms with van der Waals surface area (Å²) < 4.78 is 16.8. The van der Waals surface area contributed by atoms with Gasteiger partial charge in [-0.2, -0.15) is 0 Å². The first kappa shape index (κ1) is 74.1. The summed E-state index contributed by atoms with van der Waals surface area (Å²) in [5.41, 5.74) is 0. The molecule has 1 atom stereocenters. The van der Waals surface area contributed by atoms with E-state index >= 15 is 0 Å². The standard InChI is InChI=1S/C72H122O6/c1-4-7-10-13-16-18-20-22-24-26-28-29-30-31-32-33-34-35-36-37-38-39-40-41-42-43-45-46-48-50-52-54-56-59-62-65-71(74)77-68-69(67-76-70(73)64-61-58-15-12-9-6-3)78-72(75)66-63-60-57-55-53-51-49-47-44-27-25-23-21-19-17-14-11-8-5-2/h7,10,16-19,22-25,28-29,31-32,34-35,44,47,69H,4-6,8-9,11-15,20-21,26-27,30,33,36-43,45-46,48-68H2,1-3H3/b10-7-,18-16-,19-17-,24-22-,25-23-,29-28-,32-31-,35-34-,47-44-. The van der Waals surface area contributed by atoms with Crippen LogP contribution in [-0.4, -0.2) is 37.2 Å². The Labute approximate surface area is 482 Å². The van der Waals surface area contributed by atoms with Crippen molar-refractivity contribution in [2.24, 2.45) is 0 Å². The largest absolute Gasteiger partial charge is 0.462 e. The van der Waals surface area contributed by atoms with Crippen molar-refractivity contribution in [1.82, 2.24) is 0 Å². The zero-order valence-corrected chi connectivity index (χ0v) is 51.2. The predicted molar refractivity (Wildman–Crippen MR) is 339 cm³/mol. The van der Waals surface area contributed by atoms with Gasteiger partial charge in [0.25, 0.3) is 0 Å². The highest BCUT2D eigenvalue weighted by molar-refractivity contribution is 5.71. The summed E-state index contributed by atoms with van der Waals surface area (Å²) in [5, 5.41) is 0. The number of esters is 3. The van der Waals surface area contributed by atoms with Gasteiger partial charge in [0.1, 0.15) is 13.2 Å². The highest BCUT2D eigenvalue weighted by Crippen LogP contribution is 2.16. The highest BCUT2D eigenvalue weighted by Gasteiger charge is 2.19. The Morgan fingerprint density at radius 2 is 0.500 bits per heavy atom. The Hall–Kier alpha value is -3.93. The Bertz CT molecular complexity index is 1570. The van der Waals surface area contributed by atoms with E-state index in [4.69, 9.17) is 14.2 Å². The Morgan fingerprint density at radius 3 is 0.808 bits per heavy atom. The number of ether oxygens (including phenoxy) is 3. The average molecular weight is 1080 g/mol. The summed E-state index contributed by atoms with van der Waals surface area (Å²) in [6, 6.07) is 0. The molecule has 0 aliphatic heterocycles. The Kier molecular flexibility index (Phi) is 62.3. The van der Waals surface area contributed by atoms with Gasteiger partial charge in [-0.05, 0) is 109 Å². The number of hydrogen-bond acceptors (Lipinski definition) is 6. The minimum Gasteiger partial charge on any atom is -0.462 e. The zero-order valence-electron chi connectivity index (χ0n) is 51.2. The van der Waals surface area contributed by atoms with Crippen LogP contribution in [0, 0.1) is 0 Å². The van der Waals surface area contributed by atoms with E-state index in [0.717, 1.165) is 122 Å². The summed E-state index contributed by atoms with van der Waals surface area (Å²) in [7, 11) is 0. The first-order valence-corrected chi connectivity index (χ1v) is 32.9. The second kappa shape index (κ2) is 65.6. The lowest BCUT2D eigenvalue weighted by Crippen LogP contribution is -2.30. The van der Waals surface area contributed by atoms with Crippen LogP contribution in [-0.2, 0) is 28.6 Å². The van der Waals surface area contributed by atoms with Crippen molar-refractivity contribution >= 4 is 17.9 Å². The van der Waals surface area contributed by atoms with Gasteiger partial charge in [-0.25, -0.2) is 0 Å². The molecule has 0 N–H and O–H groups in total. The predicted octanol–water partition coefficient (Wildman–Crippen LogP) is 22.6. The molecule has 0 saturated carbocycles. The molecule has 0 amide bonds. The molecule has 1 unspecified atom stereocenters. The maximum absolute atomic E-state index is 12.8. The molecular weight excluding hydrogens is 961 g/mol. The molecule has 0 aromatic rings. The first-order valence-electron chi connectivity index (χ1n) is 32.9. The number of unbranched alkanes of at least 4 members (excludes halogenated alkanes) is 30. The fraction of sp³-hybridized carbons (Fsp3) is 0.708. The molecule has 78 heavy (non-hydrogen) atoms. The molecule has 0 fully saturated rings. The van der Waals surface area contributed by atoms with Crippen LogP contribution in [0.4, 0.5) is 0 Å².